The van der Waals surface area contributed by atoms with Crippen molar-refractivity contribution >= 4 is 25.7 Å². The van der Waals surface area contributed by atoms with Gasteiger partial charge in [0.1, 0.15) is 10.6 Å². The maximum atomic E-state index is 13.1. The average molecular weight is 487 g/mol. The van der Waals surface area contributed by atoms with Crippen LogP contribution in [0.4, 0.5) is 5.69 Å². The fraction of sp³-hybridized carbons (Fsp3) is 0.250. The van der Waals surface area contributed by atoms with Gasteiger partial charge in [0, 0.05) is 18.8 Å². The number of fused-ring (bicyclic) bond motifs is 1. The van der Waals surface area contributed by atoms with Gasteiger partial charge in [-0.1, -0.05) is 35.9 Å². The molecule has 0 aromatic heterocycles. The van der Waals surface area contributed by atoms with Gasteiger partial charge in [-0.3, -0.25) is 4.72 Å². The minimum atomic E-state index is -3.89. The summed E-state index contributed by atoms with van der Waals surface area (Å²) in [6, 6.07) is 18.5. The number of rotatable bonds is 7. The molecule has 1 heterocycles. The monoisotopic (exact) mass is 486 g/mol. The molecule has 33 heavy (non-hydrogen) atoms. The lowest BCUT2D eigenvalue weighted by atomic mass is 10.0. The Morgan fingerprint density at radius 1 is 0.939 bits per heavy atom. The number of para-hydroxylation sites is 1. The highest BCUT2D eigenvalue weighted by Crippen LogP contribution is 2.30. The molecule has 0 bridgehead atoms. The van der Waals surface area contributed by atoms with E-state index in [0.29, 0.717) is 25.3 Å². The van der Waals surface area contributed by atoms with Crippen LogP contribution in [-0.4, -0.2) is 34.3 Å². The van der Waals surface area contributed by atoms with Gasteiger partial charge in [0.2, 0.25) is 10.0 Å². The van der Waals surface area contributed by atoms with E-state index in [1.54, 1.807) is 61.5 Å². The van der Waals surface area contributed by atoms with E-state index in [-0.39, 0.29) is 22.1 Å². The number of aryl methyl sites for hydroxylation is 1. The van der Waals surface area contributed by atoms with Gasteiger partial charge in [-0.15, -0.1) is 0 Å². The summed E-state index contributed by atoms with van der Waals surface area (Å²) in [4.78, 5) is 0.300. The van der Waals surface area contributed by atoms with Crippen LogP contribution in [0.1, 0.15) is 23.6 Å². The molecule has 0 atom stereocenters. The topological polar surface area (TPSA) is 92.8 Å². The fourth-order valence-electron chi connectivity index (χ4n) is 3.82. The number of sulfonamides is 2. The molecule has 0 saturated carbocycles. The Labute approximate surface area is 195 Å². The van der Waals surface area contributed by atoms with Gasteiger partial charge in [0.05, 0.1) is 11.5 Å². The smallest absolute Gasteiger partial charge is 0.265 e. The summed E-state index contributed by atoms with van der Waals surface area (Å²) < 4.78 is 61.7. The zero-order chi connectivity index (χ0) is 23.6. The molecule has 0 amide bonds. The number of hydrogen-bond donors (Lipinski definition) is 1. The third-order valence-electron chi connectivity index (χ3n) is 5.53. The molecule has 1 aliphatic rings. The predicted molar refractivity (Wildman–Crippen MR) is 127 cm³/mol. The molecule has 7 nitrogen and oxygen atoms in total. The number of nitrogens with one attached hydrogen (secondary N) is 1. The molecule has 4 rings (SSSR count). The first-order chi connectivity index (χ1) is 15.7. The Hall–Kier alpha value is -2.88. The summed E-state index contributed by atoms with van der Waals surface area (Å²) in [6.07, 6.45) is 0.556. The van der Waals surface area contributed by atoms with E-state index >= 15 is 0 Å². The molecule has 0 spiro atoms. The molecule has 3 aromatic rings. The second kappa shape index (κ2) is 9.17. The highest BCUT2D eigenvalue weighted by atomic mass is 32.2. The molecule has 3 aromatic carbocycles. The average Bonchev–Trinajstić information content (AvgIpc) is 2.79. The molecule has 0 fully saturated rings. The van der Waals surface area contributed by atoms with E-state index in [2.05, 4.69) is 4.72 Å². The Morgan fingerprint density at radius 2 is 1.67 bits per heavy atom. The quantitative estimate of drug-likeness (QED) is 0.546. The van der Waals surface area contributed by atoms with Gasteiger partial charge >= 0.3 is 0 Å². The number of ether oxygens (including phenoxy) is 1. The SMILES string of the molecule is CCOc1ccccc1S(=O)(=O)Nc1ccc2c(c1)CN(S(=O)(=O)c1ccc(C)cc1)CC2. The second-order valence-electron chi connectivity index (χ2n) is 7.87. The van der Waals surface area contributed by atoms with Crippen LogP contribution < -0.4 is 9.46 Å². The molecule has 0 unspecified atom stereocenters. The minimum Gasteiger partial charge on any atom is -0.492 e. The maximum absolute atomic E-state index is 13.1. The van der Waals surface area contributed by atoms with Gasteiger partial charge in [-0.05, 0) is 67.8 Å². The Morgan fingerprint density at radius 3 is 2.39 bits per heavy atom. The molecule has 9 heteroatoms. The van der Waals surface area contributed by atoms with Crippen molar-refractivity contribution in [3.05, 3.63) is 83.4 Å². The molecule has 0 radical (unpaired) electrons. The number of anilines is 1. The van der Waals surface area contributed by atoms with Crippen molar-refractivity contribution in [1.82, 2.24) is 4.31 Å². The van der Waals surface area contributed by atoms with Crippen molar-refractivity contribution in [2.24, 2.45) is 0 Å². The third-order valence-corrected chi connectivity index (χ3v) is 8.81. The van der Waals surface area contributed by atoms with Crippen LogP contribution in [0.25, 0.3) is 0 Å². The normalized spacial score (nSPS) is 14.5. The summed E-state index contributed by atoms with van der Waals surface area (Å²) in [6.45, 7) is 4.59. The van der Waals surface area contributed by atoms with Gasteiger partial charge in [-0.2, -0.15) is 4.31 Å². The minimum absolute atomic E-state index is 0.0492. The zero-order valence-electron chi connectivity index (χ0n) is 18.5. The summed E-state index contributed by atoms with van der Waals surface area (Å²) in [5.74, 6) is 0.279. The number of nitrogens with zero attached hydrogens (tertiary/aromatic N) is 1. The second-order valence-corrected chi connectivity index (χ2v) is 11.5. The predicted octanol–water partition coefficient (Wildman–Crippen LogP) is 3.94. The van der Waals surface area contributed by atoms with Crippen LogP contribution >= 0.6 is 0 Å². The lowest BCUT2D eigenvalue weighted by Gasteiger charge is -2.28. The molecule has 1 aliphatic heterocycles. The van der Waals surface area contributed by atoms with E-state index in [1.165, 1.54) is 10.4 Å². The van der Waals surface area contributed by atoms with Crippen LogP contribution in [0.5, 0.6) is 5.75 Å². The molecule has 0 aliphatic carbocycles. The Bertz CT molecular complexity index is 1370. The molecule has 1 N–H and O–H groups in total. The molecule has 174 valence electrons. The van der Waals surface area contributed by atoms with Gasteiger partial charge in [-0.25, -0.2) is 16.8 Å². The lowest BCUT2D eigenvalue weighted by molar-refractivity contribution is 0.331. The maximum Gasteiger partial charge on any atom is 0.265 e. The molecule has 0 saturated heterocycles. The van der Waals surface area contributed by atoms with Crippen LogP contribution in [0.3, 0.4) is 0 Å². The largest absolute Gasteiger partial charge is 0.492 e. The summed E-state index contributed by atoms with van der Waals surface area (Å²) in [5.41, 5.74) is 3.13. The first-order valence-electron chi connectivity index (χ1n) is 10.6. The van der Waals surface area contributed by atoms with Crippen LogP contribution in [-0.2, 0) is 33.0 Å². The van der Waals surface area contributed by atoms with Crippen molar-refractivity contribution in [2.45, 2.75) is 36.6 Å². The molecular weight excluding hydrogens is 460 g/mol. The van der Waals surface area contributed by atoms with Crippen LogP contribution in [0.15, 0.2) is 76.5 Å². The van der Waals surface area contributed by atoms with Crippen molar-refractivity contribution in [1.29, 1.82) is 0 Å². The van der Waals surface area contributed by atoms with Gasteiger partial charge in [0.25, 0.3) is 10.0 Å². The summed E-state index contributed by atoms with van der Waals surface area (Å²) in [7, 11) is -7.53. The van der Waals surface area contributed by atoms with E-state index in [9.17, 15) is 16.8 Å². The molecular formula is C24H26N2O5S2. The lowest BCUT2D eigenvalue weighted by Crippen LogP contribution is -2.36. The Balaban J connectivity index is 1.59. The Kier molecular flexibility index (Phi) is 6.47. The van der Waals surface area contributed by atoms with Crippen molar-refractivity contribution in [2.75, 3.05) is 17.9 Å². The van der Waals surface area contributed by atoms with E-state index in [0.717, 1.165) is 16.7 Å². The standard InChI is InChI=1S/C24H26N2O5S2/c1-3-31-23-6-4-5-7-24(23)32(27,28)25-21-11-10-19-14-15-26(17-20(19)16-21)33(29,30)22-12-8-18(2)9-13-22/h4-13,16,25H,3,14-15,17H2,1-2H3. The van der Waals surface area contributed by atoms with Crippen molar-refractivity contribution in [3.63, 3.8) is 0 Å². The van der Waals surface area contributed by atoms with E-state index in [4.69, 9.17) is 4.74 Å². The van der Waals surface area contributed by atoms with E-state index < -0.39 is 20.0 Å². The zero-order valence-corrected chi connectivity index (χ0v) is 20.1. The first-order valence-corrected chi connectivity index (χ1v) is 13.6. The van der Waals surface area contributed by atoms with Crippen LogP contribution in [0.2, 0.25) is 0 Å². The fourth-order valence-corrected chi connectivity index (χ4v) is 6.43. The highest BCUT2D eigenvalue weighted by Gasteiger charge is 2.29. The number of benzene rings is 3. The van der Waals surface area contributed by atoms with Gasteiger partial charge < -0.3 is 4.74 Å². The van der Waals surface area contributed by atoms with E-state index in [1.807, 2.05) is 13.0 Å². The first kappa shape index (κ1) is 23.3. The number of hydrogen-bond acceptors (Lipinski definition) is 5. The summed E-state index contributed by atoms with van der Waals surface area (Å²) >= 11 is 0. The highest BCUT2D eigenvalue weighted by molar-refractivity contribution is 7.92. The van der Waals surface area contributed by atoms with Gasteiger partial charge in [0.15, 0.2) is 0 Å². The van der Waals surface area contributed by atoms with Crippen molar-refractivity contribution < 1.29 is 21.6 Å². The third kappa shape index (κ3) is 4.90. The van der Waals surface area contributed by atoms with Crippen LogP contribution in [0, 0.1) is 6.92 Å². The summed E-state index contributed by atoms with van der Waals surface area (Å²) in [5, 5.41) is 0. The van der Waals surface area contributed by atoms with Crippen molar-refractivity contribution in [3.8, 4) is 5.75 Å².